The summed E-state index contributed by atoms with van der Waals surface area (Å²) in [5.74, 6) is 0.00978. The fourth-order valence-corrected chi connectivity index (χ4v) is 1.35. The van der Waals surface area contributed by atoms with Gasteiger partial charge in [0.15, 0.2) is 5.71 Å². The molecule has 0 unspecified atom stereocenters. The van der Waals surface area contributed by atoms with Crippen LogP contribution in [0.25, 0.3) is 0 Å². The molecule has 1 amide bonds. The molecule has 0 saturated carbocycles. The van der Waals surface area contributed by atoms with E-state index in [4.69, 9.17) is 15.3 Å². The van der Waals surface area contributed by atoms with Crippen molar-refractivity contribution in [3.05, 3.63) is 23.9 Å². The van der Waals surface area contributed by atoms with Crippen LogP contribution in [0.2, 0.25) is 0 Å². The normalized spacial score (nSPS) is 13.2. The minimum Gasteiger partial charge on any atom is -0.480 e. The lowest BCUT2D eigenvalue weighted by Gasteiger charge is -2.09. The van der Waals surface area contributed by atoms with E-state index in [1.165, 1.54) is 20.4 Å². The lowest BCUT2D eigenvalue weighted by atomic mass is 10.1. The molecule has 0 aromatic carbocycles. The number of nitrogens with one attached hydrogen (secondary N) is 1. The number of rotatable bonds is 8. The van der Waals surface area contributed by atoms with E-state index in [-0.39, 0.29) is 18.2 Å². The van der Waals surface area contributed by atoms with E-state index >= 15 is 0 Å². The van der Waals surface area contributed by atoms with E-state index < -0.39 is 0 Å². The topological polar surface area (TPSA) is 111 Å². The number of nitrogens with zero attached hydrogens (tertiary/aromatic N) is 3. The molecule has 0 radical (unpaired) electrons. The molecule has 0 aliphatic heterocycles. The number of hydrogen-bond acceptors (Lipinski definition) is 7. The van der Waals surface area contributed by atoms with Crippen molar-refractivity contribution in [2.24, 2.45) is 21.1 Å². The van der Waals surface area contributed by atoms with Crippen molar-refractivity contribution in [2.45, 2.75) is 13.3 Å². The quantitative estimate of drug-likeness (QED) is 0.295. The Bertz CT molecular complexity index is 466. The molecule has 0 aromatic heterocycles. The van der Waals surface area contributed by atoms with E-state index in [1.54, 1.807) is 19.1 Å². The molecule has 0 aliphatic carbocycles. The van der Waals surface area contributed by atoms with Gasteiger partial charge >= 0.3 is 0 Å². The molecule has 21 heavy (non-hydrogen) atoms. The Morgan fingerprint density at radius 2 is 2.19 bits per heavy atom. The van der Waals surface area contributed by atoms with Gasteiger partial charge in [0.25, 0.3) is 5.91 Å². The van der Waals surface area contributed by atoms with Crippen LogP contribution in [0.1, 0.15) is 13.3 Å². The maximum Gasteiger partial charge on any atom is 0.273 e. The van der Waals surface area contributed by atoms with Crippen molar-refractivity contribution >= 4 is 24.2 Å². The molecule has 0 bridgehead atoms. The largest absolute Gasteiger partial charge is 0.480 e. The van der Waals surface area contributed by atoms with Crippen LogP contribution < -0.4 is 11.1 Å². The summed E-state index contributed by atoms with van der Waals surface area (Å²) in [5.41, 5.74) is 6.07. The second kappa shape index (κ2) is 11.2. The van der Waals surface area contributed by atoms with Crippen LogP contribution in [0.4, 0.5) is 0 Å². The zero-order valence-electron chi connectivity index (χ0n) is 12.5. The average Bonchev–Trinajstić information content (AvgIpc) is 2.48. The molecule has 0 saturated heterocycles. The maximum atomic E-state index is 11.8. The van der Waals surface area contributed by atoms with Crippen molar-refractivity contribution in [3.63, 3.8) is 0 Å². The summed E-state index contributed by atoms with van der Waals surface area (Å²) in [6.45, 7) is 5.17. The highest BCUT2D eigenvalue weighted by molar-refractivity contribution is 6.45. The van der Waals surface area contributed by atoms with Gasteiger partial charge in [0.05, 0.1) is 6.61 Å². The number of nitrogens with two attached hydrogens (primary N) is 1. The molecule has 0 atom stereocenters. The Labute approximate surface area is 124 Å². The molecular weight excluding hydrogens is 274 g/mol. The first-order chi connectivity index (χ1) is 10.1. The highest BCUT2D eigenvalue weighted by Gasteiger charge is 2.16. The Morgan fingerprint density at radius 1 is 1.48 bits per heavy atom. The van der Waals surface area contributed by atoms with Gasteiger partial charge in [0.1, 0.15) is 7.11 Å². The van der Waals surface area contributed by atoms with E-state index in [0.29, 0.717) is 17.9 Å². The van der Waals surface area contributed by atoms with Crippen LogP contribution in [0.15, 0.2) is 39.3 Å². The maximum absolute atomic E-state index is 11.8. The van der Waals surface area contributed by atoms with Crippen LogP contribution >= 0.6 is 0 Å². The predicted molar refractivity (Wildman–Crippen MR) is 83.1 cm³/mol. The standard InChI is InChI=1S/C13H21N5O3/c1-10(17-16-3)21-9-7-11(6-5-8-14)12(18-20-4)13(19)15-2/h5-6,8H,3,7,9,14H2,1-2,4H3,(H,15,19)/b8-5-,11-6+,17-10+,18-12+. The molecule has 116 valence electrons. The van der Waals surface area contributed by atoms with Crippen LogP contribution in [-0.4, -0.2) is 45.0 Å². The number of carbonyl (C=O) groups is 1. The number of amides is 1. The minimum atomic E-state index is -0.369. The number of hydrogen-bond donors (Lipinski definition) is 2. The number of oxime groups is 1. The van der Waals surface area contributed by atoms with Crippen molar-refractivity contribution in [2.75, 3.05) is 20.8 Å². The third-order valence-electron chi connectivity index (χ3n) is 2.23. The molecule has 8 heteroatoms. The Kier molecular flexibility index (Phi) is 9.80. The number of allylic oxidation sites excluding steroid dienone is 2. The van der Waals surface area contributed by atoms with Gasteiger partial charge in [-0.2, -0.15) is 5.10 Å². The summed E-state index contributed by atoms with van der Waals surface area (Å²) < 4.78 is 5.33. The van der Waals surface area contributed by atoms with E-state index in [9.17, 15) is 4.79 Å². The lowest BCUT2D eigenvalue weighted by molar-refractivity contribution is -0.114. The highest BCUT2D eigenvalue weighted by Crippen LogP contribution is 2.07. The predicted octanol–water partition coefficient (Wildman–Crippen LogP) is 0.574. The van der Waals surface area contributed by atoms with Crippen molar-refractivity contribution in [3.8, 4) is 0 Å². The summed E-state index contributed by atoms with van der Waals surface area (Å²) in [4.78, 5) is 16.5. The second-order valence-electron chi connectivity index (χ2n) is 3.64. The van der Waals surface area contributed by atoms with Gasteiger partial charge < -0.3 is 20.6 Å². The molecule has 3 N–H and O–H groups in total. The first-order valence-corrected chi connectivity index (χ1v) is 6.14. The fourth-order valence-electron chi connectivity index (χ4n) is 1.35. The monoisotopic (exact) mass is 295 g/mol. The summed E-state index contributed by atoms with van der Waals surface area (Å²) in [6.07, 6.45) is 5.01. The Morgan fingerprint density at radius 3 is 2.71 bits per heavy atom. The lowest BCUT2D eigenvalue weighted by Crippen LogP contribution is -2.29. The van der Waals surface area contributed by atoms with Crippen molar-refractivity contribution < 1.29 is 14.4 Å². The van der Waals surface area contributed by atoms with Crippen molar-refractivity contribution in [1.82, 2.24) is 5.32 Å². The Balaban J connectivity index is 5.03. The average molecular weight is 295 g/mol. The van der Waals surface area contributed by atoms with Gasteiger partial charge in [-0.25, -0.2) is 0 Å². The second-order valence-corrected chi connectivity index (χ2v) is 3.64. The zero-order chi connectivity index (χ0) is 16.1. The SMILES string of the molecule is C=N/N=C(\C)OCCC(=C\C=C/N)/C(=N\OC)C(=O)NC. The molecular formula is C13H21N5O3. The molecule has 0 fully saturated rings. The molecule has 0 aromatic rings. The van der Waals surface area contributed by atoms with Crippen LogP contribution in [0.5, 0.6) is 0 Å². The third-order valence-corrected chi connectivity index (χ3v) is 2.23. The molecule has 0 spiro atoms. The molecule has 0 rings (SSSR count). The zero-order valence-corrected chi connectivity index (χ0v) is 12.5. The van der Waals surface area contributed by atoms with Crippen LogP contribution in [0, 0.1) is 0 Å². The minimum absolute atomic E-state index is 0.151. The first-order valence-electron chi connectivity index (χ1n) is 6.14. The van der Waals surface area contributed by atoms with Gasteiger partial charge in [-0.05, 0) is 17.8 Å². The van der Waals surface area contributed by atoms with Crippen molar-refractivity contribution in [1.29, 1.82) is 0 Å². The van der Waals surface area contributed by atoms with Crippen LogP contribution in [0.3, 0.4) is 0 Å². The smallest absolute Gasteiger partial charge is 0.273 e. The van der Waals surface area contributed by atoms with Gasteiger partial charge in [0.2, 0.25) is 5.90 Å². The van der Waals surface area contributed by atoms with E-state index in [1.807, 2.05) is 0 Å². The number of carbonyl (C=O) groups excluding carboxylic acids is 1. The van der Waals surface area contributed by atoms with Gasteiger partial charge in [0, 0.05) is 27.1 Å². The first kappa shape index (κ1) is 18.4. The molecule has 0 heterocycles. The van der Waals surface area contributed by atoms with E-state index in [2.05, 4.69) is 27.4 Å². The van der Waals surface area contributed by atoms with Gasteiger partial charge in [-0.1, -0.05) is 11.2 Å². The summed E-state index contributed by atoms with van der Waals surface area (Å²) in [7, 11) is 2.87. The van der Waals surface area contributed by atoms with Gasteiger partial charge in [-0.15, -0.1) is 5.10 Å². The van der Waals surface area contributed by atoms with Crippen LogP contribution in [-0.2, 0) is 14.4 Å². The van der Waals surface area contributed by atoms with E-state index in [0.717, 1.165) is 0 Å². The molecule has 8 nitrogen and oxygen atoms in total. The molecule has 0 aliphatic rings. The van der Waals surface area contributed by atoms with Gasteiger partial charge in [-0.3, -0.25) is 4.79 Å². The Hall–Kier alpha value is -2.64. The summed E-state index contributed by atoms with van der Waals surface area (Å²) in [6, 6.07) is 0. The summed E-state index contributed by atoms with van der Waals surface area (Å²) >= 11 is 0. The fraction of sp³-hybridized carbons (Fsp3) is 0.385. The number of ether oxygens (including phenoxy) is 1. The summed E-state index contributed by atoms with van der Waals surface area (Å²) in [5, 5.41) is 13.2. The highest BCUT2D eigenvalue weighted by atomic mass is 16.6. The third kappa shape index (κ3) is 7.51.